The average molecular weight is 200 g/mol. The average Bonchev–Trinajstić information content (AvgIpc) is 2.17. The van der Waals surface area contributed by atoms with Gasteiger partial charge in [-0.25, -0.2) is 0 Å². The normalized spacial score (nSPS) is 14.9. The van der Waals surface area contributed by atoms with Gasteiger partial charge in [-0.2, -0.15) is 0 Å². The molecular formula is C11H24N2O. The Morgan fingerprint density at radius 2 is 1.93 bits per heavy atom. The van der Waals surface area contributed by atoms with Crippen molar-refractivity contribution >= 4 is 5.91 Å². The van der Waals surface area contributed by atoms with Crippen LogP contribution in [0.25, 0.3) is 0 Å². The van der Waals surface area contributed by atoms with Gasteiger partial charge in [-0.3, -0.25) is 4.79 Å². The monoisotopic (exact) mass is 200 g/mol. The van der Waals surface area contributed by atoms with Crippen LogP contribution in [0.15, 0.2) is 0 Å². The molecule has 84 valence electrons. The van der Waals surface area contributed by atoms with Gasteiger partial charge in [-0.05, 0) is 26.7 Å². The van der Waals surface area contributed by atoms with Crippen molar-refractivity contribution in [2.45, 2.75) is 59.0 Å². The van der Waals surface area contributed by atoms with Crippen LogP contribution in [-0.4, -0.2) is 24.5 Å². The molecule has 0 aromatic heterocycles. The summed E-state index contributed by atoms with van der Waals surface area (Å²) in [6, 6.07) is 0.323. The zero-order valence-corrected chi connectivity index (χ0v) is 9.89. The van der Waals surface area contributed by atoms with E-state index in [2.05, 4.69) is 31.4 Å². The van der Waals surface area contributed by atoms with Crippen LogP contribution in [0.1, 0.15) is 47.0 Å². The summed E-state index contributed by atoms with van der Waals surface area (Å²) in [5.41, 5.74) is 0. The number of nitrogens with one attached hydrogen (secondary N) is 2. The van der Waals surface area contributed by atoms with Crippen molar-refractivity contribution in [3.63, 3.8) is 0 Å². The van der Waals surface area contributed by atoms with Gasteiger partial charge < -0.3 is 10.6 Å². The first kappa shape index (κ1) is 13.4. The fourth-order valence-electron chi connectivity index (χ4n) is 1.16. The van der Waals surface area contributed by atoms with Crippen molar-refractivity contribution in [1.29, 1.82) is 0 Å². The lowest BCUT2D eigenvalue weighted by molar-refractivity contribution is -0.122. The molecule has 0 radical (unpaired) electrons. The molecule has 0 heterocycles. The van der Waals surface area contributed by atoms with Gasteiger partial charge in [0, 0.05) is 12.6 Å². The summed E-state index contributed by atoms with van der Waals surface area (Å²) in [5.74, 6) is 0.110. The summed E-state index contributed by atoms with van der Waals surface area (Å²) >= 11 is 0. The van der Waals surface area contributed by atoms with Crippen LogP contribution in [0.3, 0.4) is 0 Å². The highest BCUT2D eigenvalue weighted by Gasteiger charge is 2.13. The van der Waals surface area contributed by atoms with Gasteiger partial charge in [-0.1, -0.05) is 20.3 Å². The highest BCUT2D eigenvalue weighted by atomic mass is 16.2. The van der Waals surface area contributed by atoms with Gasteiger partial charge >= 0.3 is 0 Å². The first-order valence-corrected chi connectivity index (χ1v) is 5.65. The van der Waals surface area contributed by atoms with Crippen LogP contribution >= 0.6 is 0 Å². The summed E-state index contributed by atoms with van der Waals surface area (Å²) < 4.78 is 0. The SMILES string of the molecule is CCCCNC(=O)C(C)NC(C)CC. The molecule has 0 bridgehead atoms. The molecule has 0 aromatic rings. The summed E-state index contributed by atoms with van der Waals surface area (Å²) in [7, 11) is 0. The number of hydrogen-bond acceptors (Lipinski definition) is 2. The molecule has 2 N–H and O–H groups in total. The quantitative estimate of drug-likeness (QED) is 0.614. The number of amides is 1. The van der Waals surface area contributed by atoms with E-state index >= 15 is 0 Å². The Kier molecular flexibility index (Phi) is 7.48. The van der Waals surface area contributed by atoms with Crippen molar-refractivity contribution in [2.75, 3.05) is 6.54 Å². The Hall–Kier alpha value is -0.570. The van der Waals surface area contributed by atoms with E-state index in [-0.39, 0.29) is 11.9 Å². The molecule has 0 saturated heterocycles. The fourth-order valence-corrected chi connectivity index (χ4v) is 1.16. The van der Waals surface area contributed by atoms with Crippen molar-refractivity contribution in [1.82, 2.24) is 10.6 Å². The highest BCUT2D eigenvalue weighted by molar-refractivity contribution is 5.81. The Bertz CT molecular complexity index is 159. The van der Waals surface area contributed by atoms with E-state index < -0.39 is 0 Å². The number of carbonyl (C=O) groups excluding carboxylic acids is 1. The Balaban J connectivity index is 3.64. The molecule has 0 aromatic carbocycles. The van der Waals surface area contributed by atoms with E-state index in [9.17, 15) is 4.79 Å². The Labute approximate surface area is 87.6 Å². The van der Waals surface area contributed by atoms with Gasteiger partial charge in [0.25, 0.3) is 0 Å². The fraction of sp³-hybridized carbons (Fsp3) is 0.909. The molecule has 2 atom stereocenters. The van der Waals surface area contributed by atoms with Crippen molar-refractivity contribution in [3.05, 3.63) is 0 Å². The second kappa shape index (κ2) is 7.80. The molecule has 0 saturated carbocycles. The van der Waals surface area contributed by atoms with Crippen molar-refractivity contribution in [2.24, 2.45) is 0 Å². The van der Waals surface area contributed by atoms with Crippen LogP contribution in [-0.2, 0) is 4.79 Å². The van der Waals surface area contributed by atoms with E-state index in [4.69, 9.17) is 0 Å². The second-order valence-electron chi connectivity index (χ2n) is 3.84. The van der Waals surface area contributed by atoms with Crippen molar-refractivity contribution < 1.29 is 4.79 Å². The minimum absolute atomic E-state index is 0.0817. The lowest BCUT2D eigenvalue weighted by atomic mass is 10.2. The second-order valence-corrected chi connectivity index (χ2v) is 3.84. The highest BCUT2D eigenvalue weighted by Crippen LogP contribution is 1.92. The molecule has 0 rings (SSSR count). The van der Waals surface area contributed by atoms with Crippen LogP contribution in [0.4, 0.5) is 0 Å². The molecule has 2 unspecified atom stereocenters. The smallest absolute Gasteiger partial charge is 0.236 e. The minimum Gasteiger partial charge on any atom is -0.355 e. The van der Waals surface area contributed by atoms with Gasteiger partial charge in [0.2, 0.25) is 5.91 Å². The number of carbonyl (C=O) groups is 1. The van der Waals surface area contributed by atoms with E-state index in [1.54, 1.807) is 0 Å². The molecule has 3 nitrogen and oxygen atoms in total. The lowest BCUT2D eigenvalue weighted by Crippen LogP contribution is -2.45. The summed E-state index contributed by atoms with van der Waals surface area (Å²) in [6.45, 7) is 9.03. The molecule has 0 spiro atoms. The van der Waals surface area contributed by atoms with Crippen LogP contribution in [0.5, 0.6) is 0 Å². The van der Waals surface area contributed by atoms with E-state index in [0.29, 0.717) is 6.04 Å². The van der Waals surface area contributed by atoms with E-state index in [0.717, 1.165) is 25.8 Å². The van der Waals surface area contributed by atoms with Gasteiger partial charge in [0.15, 0.2) is 0 Å². The maximum Gasteiger partial charge on any atom is 0.236 e. The topological polar surface area (TPSA) is 41.1 Å². The first-order chi connectivity index (χ1) is 6.61. The van der Waals surface area contributed by atoms with E-state index in [1.807, 2.05) is 6.92 Å². The van der Waals surface area contributed by atoms with Crippen molar-refractivity contribution in [3.8, 4) is 0 Å². The van der Waals surface area contributed by atoms with Gasteiger partial charge in [-0.15, -0.1) is 0 Å². The standard InChI is InChI=1S/C11H24N2O/c1-5-7-8-12-11(14)10(4)13-9(3)6-2/h9-10,13H,5-8H2,1-4H3,(H,12,14). The maximum absolute atomic E-state index is 11.5. The molecule has 1 amide bonds. The maximum atomic E-state index is 11.5. The summed E-state index contributed by atoms with van der Waals surface area (Å²) in [5, 5.41) is 6.16. The largest absolute Gasteiger partial charge is 0.355 e. The minimum atomic E-state index is -0.0817. The lowest BCUT2D eigenvalue weighted by Gasteiger charge is -2.18. The number of unbranched alkanes of at least 4 members (excludes halogenated alkanes) is 1. The van der Waals surface area contributed by atoms with E-state index in [1.165, 1.54) is 0 Å². The summed E-state index contributed by atoms with van der Waals surface area (Å²) in [6.07, 6.45) is 3.22. The third-order valence-corrected chi connectivity index (χ3v) is 2.37. The Morgan fingerprint density at radius 3 is 2.43 bits per heavy atom. The number of hydrogen-bond donors (Lipinski definition) is 2. The zero-order valence-electron chi connectivity index (χ0n) is 9.89. The van der Waals surface area contributed by atoms with Gasteiger partial charge in [0.05, 0.1) is 6.04 Å². The van der Waals surface area contributed by atoms with Gasteiger partial charge in [0.1, 0.15) is 0 Å². The van der Waals surface area contributed by atoms with Crippen LogP contribution in [0, 0.1) is 0 Å². The Morgan fingerprint density at radius 1 is 1.29 bits per heavy atom. The molecule has 0 aliphatic rings. The molecule has 0 aliphatic heterocycles. The summed E-state index contributed by atoms with van der Waals surface area (Å²) in [4.78, 5) is 11.5. The predicted octanol–water partition coefficient (Wildman–Crippen LogP) is 1.68. The third kappa shape index (κ3) is 5.97. The first-order valence-electron chi connectivity index (χ1n) is 5.65. The number of rotatable bonds is 7. The molecule has 0 aliphatic carbocycles. The molecule has 3 heteroatoms. The molecule has 0 fully saturated rings. The third-order valence-electron chi connectivity index (χ3n) is 2.37. The van der Waals surface area contributed by atoms with Crippen LogP contribution in [0.2, 0.25) is 0 Å². The molecular weight excluding hydrogens is 176 g/mol. The zero-order chi connectivity index (χ0) is 11.0. The molecule has 14 heavy (non-hydrogen) atoms. The van der Waals surface area contributed by atoms with Crippen LogP contribution < -0.4 is 10.6 Å². The predicted molar refractivity (Wildman–Crippen MR) is 60.3 cm³/mol.